The van der Waals surface area contributed by atoms with Crippen LogP contribution in [0.3, 0.4) is 0 Å². The maximum Gasteiger partial charge on any atom is 0.294 e. The number of halogens is 2. The second kappa shape index (κ2) is 5.75. The molecule has 1 heterocycles. The lowest BCUT2D eigenvalue weighted by molar-refractivity contribution is -0.384. The van der Waals surface area contributed by atoms with Crippen LogP contribution in [0.25, 0.3) is 0 Å². The zero-order chi connectivity index (χ0) is 15.8. The first-order valence-corrected chi connectivity index (χ1v) is 6.78. The number of nitro groups is 1. The first kappa shape index (κ1) is 15.9. The highest BCUT2D eigenvalue weighted by Gasteiger charge is 2.36. The third-order valence-electron chi connectivity index (χ3n) is 3.24. The van der Waals surface area contributed by atoms with Crippen molar-refractivity contribution < 1.29 is 19.2 Å². The minimum Gasteiger partial charge on any atom is -0.394 e. The van der Waals surface area contributed by atoms with Gasteiger partial charge in [-0.15, -0.1) is 0 Å². The van der Waals surface area contributed by atoms with Gasteiger partial charge in [0.1, 0.15) is 11.5 Å². The van der Waals surface area contributed by atoms with E-state index in [9.17, 15) is 19.6 Å². The van der Waals surface area contributed by atoms with E-state index in [-0.39, 0.29) is 29.5 Å². The molecule has 0 radical (unpaired) electrons. The minimum absolute atomic E-state index is 0.136. The lowest BCUT2D eigenvalue weighted by Crippen LogP contribution is -2.54. The number of anilines is 1. The lowest BCUT2D eigenvalue weighted by atomic mass is 10.0. The van der Waals surface area contributed by atoms with Crippen LogP contribution < -0.4 is 4.90 Å². The van der Waals surface area contributed by atoms with Crippen LogP contribution in [0.5, 0.6) is 0 Å². The van der Waals surface area contributed by atoms with Crippen molar-refractivity contribution in [3.8, 4) is 0 Å². The molecule has 1 aliphatic rings. The fourth-order valence-electron chi connectivity index (χ4n) is 2.50. The van der Waals surface area contributed by atoms with Crippen molar-refractivity contribution in [2.75, 3.05) is 24.6 Å². The Labute approximate surface area is 126 Å². The van der Waals surface area contributed by atoms with Crippen LogP contribution in [0.1, 0.15) is 13.8 Å². The highest BCUT2D eigenvalue weighted by molar-refractivity contribution is 6.31. The Morgan fingerprint density at radius 2 is 2.29 bits per heavy atom. The summed E-state index contributed by atoms with van der Waals surface area (Å²) in [5.41, 5.74) is -0.747. The van der Waals surface area contributed by atoms with Crippen molar-refractivity contribution in [1.82, 2.24) is 0 Å². The summed E-state index contributed by atoms with van der Waals surface area (Å²) in [4.78, 5) is 12.2. The van der Waals surface area contributed by atoms with Crippen molar-refractivity contribution in [3.63, 3.8) is 0 Å². The second-order valence-electron chi connectivity index (χ2n) is 5.57. The molecule has 0 spiro atoms. The molecule has 116 valence electrons. The van der Waals surface area contributed by atoms with E-state index in [0.29, 0.717) is 6.54 Å². The molecule has 0 aromatic heterocycles. The Hall–Kier alpha value is -1.44. The number of benzene rings is 1. The quantitative estimate of drug-likeness (QED) is 0.684. The monoisotopic (exact) mass is 318 g/mol. The van der Waals surface area contributed by atoms with E-state index in [1.165, 1.54) is 0 Å². The van der Waals surface area contributed by atoms with Gasteiger partial charge in [0.15, 0.2) is 0 Å². The Balaban J connectivity index is 2.44. The normalized spacial score (nSPS) is 21.4. The molecule has 1 aliphatic heterocycles. The minimum atomic E-state index is -0.720. The zero-order valence-corrected chi connectivity index (χ0v) is 12.4. The number of hydrogen-bond acceptors (Lipinski definition) is 5. The number of hydrogen-bond donors (Lipinski definition) is 1. The van der Waals surface area contributed by atoms with Gasteiger partial charge in [0.25, 0.3) is 5.69 Å². The topological polar surface area (TPSA) is 75.8 Å². The highest BCUT2D eigenvalue weighted by atomic mass is 35.5. The summed E-state index contributed by atoms with van der Waals surface area (Å²) in [6.45, 7) is 3.97. The summed E-state index contributed by atoms with van der Waals surface area (Å²) >= 11 is 5.62. The molecule has 6 nitrogen and oxygen atoms in total. The number of nitrogens with zero attached hydrogens (tertiary/aromatic N) is 2. The van der Waals surface area contributed by atoms with E-state index < -0.39 is 22.4 Å². The van der Waals surface area contributed by atoms with Gasteiger partial charge in [-0.2, -0.15) is 0 Å². The fraction of sp³-hybridized carbons (Fsp3) is 0.538. The van der Waals surface area contributed by atoms with Gasteiger partial charge in [-0.1, -0.05) is 11.6 Å². The van der Waals surface area contributed by atoms with Crippen LogP contribution >= 0.6 is 11.6 Å². The summed E-state index contributed by atoms with van der Waals surface area (Å²) in [6, 6.07) is 2.05. The molecule has 1 aromatic carbocycles. The molecular formula is C13H16ClFN2O4. The van der Waals surface area contributed by atoms with E-state index in [2.05, 4.69) is 0 Å². The summed E-state index contributed by atoms with van der Waals surface area (Å²) in [5.74, 6) is -0.720. The van der Waals surface area contributed by atoms with Crippen molar-refractivity contribution in [1.29, 1.82) is 0 Å². The number of aliphatic hydroxyl groups excluding tert-OH is 1. The number of rotatable bonds is 3. The van der Waals surface area contributed by atoms with Crippen LogP contribution in [0.4, 0.5) is 15.8 Å². The molecule has 1 unspecified atom stereocenters. The fourth-order valence-corrected chi connectivity index (χ4v) is 2.66. The predicted octanol–water partition coefficient (Wildman–Crippen LogP) is 2.36. The number of morpholine rings is 1. The Morgan fingerprint density at radius 3 is 2.86 bits per heavy atom. The number of ether oxygens (including phenoxy) is 1. The first-order chi connectivity index (χ1) is 9.73. The molecule has 0 saturated carbocycles. The predicted molar refractivity (Wildman–Crippen MR) is 76.3 cm³/mol. The van der Waals surface area contributed by atoms with E-state index in [1.54, 1.807) is 18.7 Å². The number of aliphatic hydroxyl groups is 1. The Bertz CT molecular complexity index is 567. The summed E-state index contributed by atoms with van der Waals surface area (Å²) < 4.78 is 19.3. The van der Waals surface area contributed by atoms with Crippen LogP contribution in [-0.2, 0) is 4.74 Å². The number of nitro benzene ring substituents is 1. The summed E-state index contributed by atoms with van der Waals surface area (Å²) in [5, 5.41) is 20.1. The van der Waals surface area contributed by atoms with Gasteiger partial charge >= 0.3 is 0 Å². The average molecular weight is 319 g/mol. The molecule has 0 amide bonds. The Morgan fingerprint density at radius 1 is 1.62 bits per heavy atom. The zero-order valence-electron chi connectivity index (χ0n) is 11.7. The van der Waals surface area contributed by atoms with Gasteiger partial charge in [-0.25, -0.2) is 4.39 Å². The smallest absolute Gasteiger partial charge is 0.294 e. The largest absolute Gasteiger partial charge is 0.394 e. The molecule has 1 saturated heterocycles. The third-order valence-corrected chi connectivity index (χ3v) is 3.53. The van der Waals surface area contributed by atoms with Gasteiger partial charge in [-0.05, 0) is 13.8 Å². The molecule has 1 aromatic rings. The van der Waals surface area contributed by atoms with E-state index in [4.69, 9.17) is 16.3 Å². The molecule has 1 N–H and O–H groups in total. The van der Waals surface area contributed by atoms with E-state index in [1.807, 2.05) is 0 Å². The second-order valence-corrected chi connectivity index (χ2v) is 5.98. The van der Waals surface area contributed by atoms with Gasteiger partial charge in [-0.3, -0.25) is 10.1 Å². The van der Waals surface area contributed by atoms with Crippen molar-refractivity contribution >= 4 is 23.0 Å². The van der Waals surface area contributed by atoms with Crippen LogP contribution in [0.15, 0.2) is 12.1 Å². The van der Waals surface area contributed by atoms with Gasteiger partial charge in [0.05, 0.1) is 28.3 Å². The third kappa shape index (κ3) is 3.42. The molecule has 0 bridgehead atoms. The van der Waals surface area contributed by atoms with Crippen molar-refractivity contribution in [2.24, 2.45) is 0 Å². The molecule has 1 atom stereocenters. The van der Waals surface area contributed by atoms with Crippen LogP contribution in [0, 0.1) is 15.9 Å². The molecule has 0 aliphatic carbocycles. The first-order valence-electron chi connectivity index (χ1n) is 6.40. The molecule has 8 heteroatoms. The van der Waals surface area contributed by atoms with Crippen molar-refractivity contribution in [3.05, 3.63) is 33.1 Å². The molecule has 2 rings (SSSR count). The lowest BCUT2D eigenvalue weighted by Gasteiger charge is -2.43. The summed E-state index contributed by atoms with van der Waals surface area (Å²) in [7, 11) is 0. The standard InChI is InChI=1S/C13H16ClFN2O4/c1-13(2)7-16(5-8(6-18)21-13)11-4-10(15)9(14)3-12(11)17(19)20/h3-4,8,18H,5-7H2,1-2H3. The van der Waals surface area contributed by atoms with Gasteiger partial charge in [0, 0.05) is 25.2 Å². The molecular weight excluding hydrogens is 303 g/mol. The Kier molecular flexibility index (Phi) is 4.36. The van der Waals surface area contributed by atoms with E-state index >= 15 is 0 Å². The maximum atomic E-state index is 13.7. The molecule has 21 heavy (non-hydrogen) atoms. The summed E-state index contributed by atoms with van der Waals surface area (Å²) in [6.07, 6.45) is -0.493. The molecule has 1 fully saturated rings. The van der Waals surface area contributed by atoms with Crippen LogP contribution in [0.2, 0.25) is 5.02 Å². The average Bonchev–Trinajstić information content (AvgIpc) is 2.39. The van der Waals surface area contributed by atoms with Crippen molar-refractivity contribution in [2.45, 2.75) is 25.6 Å². The van der Waals surface area contributed by atoms with Crippen LogP contribution in [-0.4, -0.2) is 41.4 Å². The SMILES string of the molecule is CC1(C)CN(c2cc(F)c(Cl)cc2[N+](=O)[O-])CC(CO)O1. The van der Waals surface area contributed by atoms with Gasteiger partial charge < -0.3 is 14.7 Å². The highest BCUT2D eigenvalue weighted by Crippen LogP contribution is 2.36. The van der Waals surface area contributed by atoms with Gasteiger partial charge in [0.2, 0.25) is 0 Å². The maximum absolute atomic E-state index is 13.7. The van der Waals surface area contributed by atoms with E-state index in [0.717, 1.165) is 12.1 Å².